The van der Waals surface area contributed by atoms with Crippen molar-refractivity contribution in [2.24, 2.45) is 5.73 Å². The Morgan fingerprint density at radius 2 is 1.91 bits per heavy atom. The Labute approximate surface area is 198 Å². The normalized spacial score (nSPS) is 18.9. The number of carbonyl (C=O) groups excluding carboxylic acids is 2. The maximum absolute atomic E-state index is 12.7. The number of benzene rings is 1. The Balaban J connectivity index is 1.48. The van der Waals surface area contributed by atoms with Crippen LogP contribution in [0.15, 0.2) is 49.1 Å². The molecule has 2 atom stereocenters. The van der Waals surface area contributed by atoms with E-state index in [9.17, 15) is 14.7 Å². The molecule has 2 amide bonds. The third-order valence-electron chi connectivity index (χ3n) is 5.97. The van der Waals surface area contributed by atoms with E-state index in [0.717, 1.165) is 13.0 Å². The first-order valence-corrected chi connectivity index (χ1v) is 11.3. The molecule has 0 aliphatic carbocycles. The van der Waals surface area contributed by atoms with Crippen LogP contribution in [0.25, 0.3) is 0 Å². The number of anilines is 3. The average molecular weight is 467 g/mol. The van der Waals surface area contributed by atoms with Crippen molar-refractivity contribution >= 4 is 29.1 Å². The van der Waals surface area contributed by atoms with Crippen LogP contribution in [0.5, 0.6) is 0 Å². The van der Waals surface area contributed by atoms with Gasteiger partial charge in [-0.3, -0.25) is 9.59 Å². The summed E-state index contributed by atoms with van der Waals surface area (Å²) in [5, 5.41) is 16.2. The average Bonchev–Trinajstić information content (AvgIpc) is 3.32. The van der Waals surface area contributed by atoms with Gasteiger partial charge in [0.05, 0.1) is 13.2 Å². The van der Waals surface area contributed by atoms with E-state index in [2.05, 4.69) is 27.1 Å². The molecule has 1 aromatic heterocycles. The zero-order valence-electron chi connectivity index (χ0n) is 18.9. The second-order valence-electron chi connectivity index (χ2n) is 8.30. The van der Waals surface area contributed by atoms with E-state index < -0.39 is 6.23 Å². The van der Waals surface area contributed by atoms with Crippen molar-refractivity contribution in [2.75, 3.05) is 49.6 Å². The number of ether oxygens (including phenoxy) is 1. The number of nitrogens with two attached hydrogens (primary N) is 1. The molecule has 3 heterocycles. The van der Waals surface area contributed by atoms with Crippen LogP contribution in [0.4, 0.5) is 17.3 Å². The summed E-state index contributed by atoms with van der Waals surface area (Å²) < 4.78 is 5.31. The van der Waals surface area contributed by atoms with Gasteiger partial charge in [0.1, 0.15) is 17.9 Å². The molecule has 2 fully saturated rings. The number of rotatable bonds is 7. The Morgan fingerprint density at radius 3 is 2.59 bits per heavy atom. The summed E-state index contributed by atoms with van der Waals surface area (Å²) in [7, 11) is 0. The minimum absolute atomic E-state index is 0.0139. The van der Waals surface area contributed by atoms with E-state index in [1.165, 1.54) is 6.08 Å². The summed E-state index contributed by atoms with van der Waals surface area (Å²) in [5.41, 5.74) is 7.51. The minimum atomic E-state index is -1.20. The molecule has 2 saturated heterocycles. The van der Waals surface area contributed by atoms with Gasteiger partial charge in [0.25, 0.3) is 5.91 Å². The monoisotopic (exact) mass is 466 g/mol. The van der Waals surface area contributed by atoms with Crippen LogP contribution in [0.2, 0.25) is 0 Å². The smallest absolute Gasteiger partial charge is 0.254 e. The Kier molecular flexibility index (Phi) is 7.41. The fourth-order valence-electron chi connectivity index (χ4n) is 4.10. The molecule has 5 N–H and O–H groups in total. The fourth-order valence-corrected chi connectivity index (χ4v) is 4.10. The van der Waals surface area contributed by atoms with Crippen LogP contribution < -0.4 is 21.3 Å². The molecule has 0 bridgehead atoms. The predicted molar refractivity (Wildman–Crippen MR) is 129 cm³/mol. The van der Waals surface area contributed by atoms with Crippen LogP contribution in [0.3, 0.4) is 0 Å². The number of aromatic nitrogens is 1. The number of hydrogen-bond acceptors (Lipinski definition) is 8. The van der Waals surface area contributed by atoms with Gasteiger partial charge >= 0.3 is 0 Å². The molecule has 2 aromatic rings. The van der Waals surface area contributed by atoms with Gasteiger partial charge in [-0.1, -0.05) is 6.58 Å². The summed E-state index contributed by atoms with van der Waals surface area (Å²) in [5.74, 6) is 0.916. The molecular formula is C24H30N6O4. The number of carbonyl (C=O) groups is 2. The molecule has 0 radical (unpaired) electrons. The summed E-state index contributed by atoms with van der Waals surface area (Å²) in [4.78, 5) is 32.8. The molecule has 10 heteroatoms. The third kappa shape index (κ3) is 5.53. The van der Waals surface area contributed by atoms with Gasteiger partial charge in [-0.15, -0.1) is 0 Å². The molecule has 34 heavy (non-hydrogen) atoms. The van der Waals surface area contributed by atoms with Gasteiger partial charge in [0, 0.05) is 49.0 Å². The number of amides is 2. The van der Waals surface area contributed by atoms with Crippen molar-refractivity contribution in [3.63, 3.8) is 0 Å². The second kappa shape index (κ2) is 10.6. The highest BCUT2D eigenvalue weighted by molar-refractivity contribution is 5.94. The van der Waals surface area contributed by atoms with Crippen LogP contribution in [0, 0.1) is 0 Å². The zero-order chi connectivity index (χ0) is 24.1. The summed E-state index contributed by atoms with van der Waals surface area (Å²) in [6.45, 7) is 7.12. The van der Waals surface area contributed by atoms with Gasteiger partial charge in [0.15, 0.2) is 0 Å². The van der Waals surface area contributed by atoms with E-state index in [4.69, 9.17) is 10.5 Å². The van der Waals surface area contributed by atoms with Gasteiger partial charge in [-0.25, -0.2) is 4.98 Å². The highest BCUT2D eigenvalue weighted by Crippen LogP contribution is 2.28. The lowest BCUT2D eigenvalue weighted by molar-refractivity contribution is -0.117. The SMILES string of the molecule is C=CC(=O)NC1CCN(c2ccc(C(N)O)c(Nc3ccc(C(=O)N4CCOCC4)cc3)n2)C1. The summed E-state index contributed by atoms with van der Waals surface area (Å²) >= 11 is 0. The van der Waals surface area contributed by atoms with Crippen molar-refractivity contribution in [3.05, 3.63) is 60.2 Å². The van der Waals surface area contributed by atoms with Gasteiger partial charge in [0.2, 0.25) is 5.91 Å². The minimum Gasteiger partial charge on any atom is -0.378 e. The number of pyridine rings is 1. The first-order valence-electron chi connectivity index (χ1n) is 11.3. The maximum atomic E-state index is 12.7. The molecule has 10 nitrogen and oxygen atoms in total. The molecule has 180 valence electrons. The molecular weight excluding hydrogens is 436 g/mol. The third-order valence-corrected chi connectivity index (χ3v) is 5.97. The summed E-state index contributed by atoms with van der Waals surface area (Å²) in [6, 6.07) is 10.7. The van der Waals surface area contributed by atoms with Crippen LogP contribution in [0.1, 0.15) is 28.6 Å². The molecule has 2 aliphatic rings. The van der Waals surface area contributed by atoms with Crippen molar-refractivity contribution < 1.29 is 19.4 Å². The van der Waals surface area contributed by atoms with E-state index >= 15 is 0 Å². The van der Waals surface area contributed by atoms with Gasteiger partial charge in [-0.2, -0.15) is 0 Å². The molecule has 1 aromatic carbocycles. The number of nitrogens with one attached hydrogen (secondary N) is 2. The molecule has 2 aliphatic heterocycles. The lowest BCUT2D eigenvalue weighted by Gasteiger charge is -2.27. The highest BCUT2D eigenvalue weighted by atomic mass is 16.5. The Morgan fingerprint density at radius 1 is 1.18 bits per heavy atom. The quantitative estimate of drug-likeness (QED) is 0.353. The van der Waals surface area contributed by atoms with Crippen LogP contribution in [-0.2, 0) is 9.53 Å². The number of aliphatic hydroxyl groups excluding tert-OH is 1. The Hall–Kier alpha value is -3.47. The highest BCUT2D eigenvalue weighted by Gasteiger charge is 2.25. The van der Waals surface area contributed by atoms with Crippen LogP contribution >= 0.6 is 0 Å². The molecule has 0 saturated carbocycles. The van der Waals surface area contributed by atoms with E-state index in [-0.39, 0.29) is 17.9 Å². The van der Waals surface area contributed by atoms with E-state index in [0.29, 0.717) is 61.3 Å². The number of nitrogens with zero attached hydrogens (tertiary/aromatic N) is 3. The first-order chi connectivity index (χ1) is 16.4. The lowest BCUT2D eigenvalue weighted by Crippen LogP contribution is -2.40. The van der Waals surface area contributed by atoms with Crippen molar-refractivity contribution in [2.45, 2.75) is 18.7 Å². The van der Waals surface area contributed by atoms with Crippen LogP contribution in [-0.4, -0.2) is 72.2 Å². The molecule has 4 rings (SSSR count). The fraction of sp³-hybridized carbons (Fsp3) is 0.375. The second-order valence-corrected chi connectivity index (χ2v) is 8.30. The van der Waals surface area contributed by atoms with Gasteiger partial charge in [-0.05, 0) is 48.9 Å². The van der Waals surface area contributed by atoms with E-state index in [1.54, 1.807) is 41.3 Å². The number of hydrogen-bond donors (Lipinski definition) is 4. The van der Waals surface area contributed by atoms with Gasteiger partial charge < -0.3 is 36.0 Å². The summed E-state index contributed by atoms with van der Waals surface area (Å²) in [6.07, 6.45) is 0.855. The van der Waals surface area contributed by atoms with Crippen molar-refractivity contribution in [1.82, 2.24) is 15.2 Å². The lowest BCUT2D eigenvalue weighted by atomic mass is 10.1. The first kappa shape index (κ1) is 23.7. The molecule has 2 unspecified atom stereocenters. The van der Waals surface area contributed by atoms with E-state index in [1.807, 2.05) is 0 Å². The standard InChI is InChI=1S/C24H30N6O4/c1-2-21(31)26-18-9-10-30(15-18)20-8-7-19(22(25)32)23(28-20)27-17-5-3-16(4-6-17)24(33)29-11-13-34-14-12-29/h2-8,18,22,32H,1,9-15,25H2,(H,26,31)(H,27,28). The largest absolute Gasteiger partial charge is 0.378 e. The number of aliphatic hydroxyl groups is 1. The predicted octanol–water partition coefficient (Wildman–Crippen LogP) is 1.13. The molecule has 0 spiro atoms. The number of morpholine rings is 1. The zero-order valence-corrected chi connectivity index (χ0v) is 18.9. The van der Waals surface area contributed by atoms with Crippen molar-refractivity contribution in [3.8, 4) is 0 Å². The van der Waals surface area contributed by atoms with Crippen molar-refractivity contribution in [1.29, 1.82) is 0 Å². The topological polar surface area (TPSA) is 133 Å². The Bertz CT molecular complexity index is 1040. The maximum Gasteiger partial charge on any atom is 0.254 e.